The minimum Gasteiger partial charge on any atom is -0.497 e. The molecule has 5 rings (SSSR count). The highest BCUT2D eigenvalue weighted by atomic mass is 16.5. The van der Waals surface area contributed by atoms with E-state index in [9.17, 15) is 9.59 Å². The molecule has 38 heavy (non-hydrogen) atoms. The summed E-state index contributed by atoms with van der Waals surface area (Å²) < 4.78 is 5.23. The van der Waals surface area contributed by atoms with Gasteiger partial charge in [-0.2, -0.15) is 0 Å². The Labute approximate surface area is 221 Å². The van der Waals surface area contributed by atoms with Crippen LogP contribution in [0.3, 0.4) is 0 Å². The third-order valence-corrected chi connectivity index (χ3v) is 6.81. The molecule has 6 nitrogen and oxygen atoms in total. The van der Waals surface area contributed by atoms with E-state index in [-0.39, 0.29) is 11.3 Å². The van der Waals surface area contributed by atoms with Crippen LogP contribution in [0.1, 0.15) is 27.9 Å². The Morgan fingerprint density at radius 2 is 1.58 bits per heavy atom. The zero-order valence-electron chi connectivity index (χ0n) is 21.7. The van der Waals surface area contributed by atoms with Gasteiger partial charge in [0, 0.05) is 28.5 Å². The summed E-state index contributed by atoms with van der Waals surface area (Å²) in [5.74, 6) is 0.617. The number of pyridine rings is 1. The SMILES string of the molecule is COc1ccc(CN(C)CCCc2ccc(NC(=O)c3cccc4c(=O)c5ccccc5[nH]c34)cc2)cc1. The van der Waals surface area contributed by atoms with E-state index in [2.05, 4.69) is 46.5 Å². The standard InChI is InChI=1S/C32H31N3O3/c1-35(21-23-14-18-25(38-2)19-15-23)20-6-7-22-12-16-24(17-13-22)33-32(37)28-10-5-9-27-30(28)34-29-11-4-3-8-26(29)31(27)36/h3-5,8-19H,6-7,20-21H2,1-2H3,(H,33,37)(H,34,36). The predicted molar refractivity (Wildman–Crippen MR) is 154 cm³/mol. The first-order chi connectivity index (χ1) is 18.5. The Balaban J connectivity index is 1.19. The lowest BCUT2D eigenvalue weighted by Crippen LogP contribution is -2.19. The van der Waals surface area contributed by atoms with Crippen LogP contribution in [0.5, 0.6) is 5.75 Å². The molecule has 1 aromatic heterocycles. The van der Waals surface area contributed by atoms with Gasteiger partial charge in [0.25, 0.3) is 5.91 Å². The highest BCUT2D eigenvalue weighted by Gasteiger charge is 2.14. The molecule has 1 amide bonds. The number of rotatable bonds is 9. The van der Waals surface area contributed by atoms with Crippen molar-refractivity contribution in [2.75, 3.05) is 26.0 Å². The molecule has 0 atom stereocenters. The van der Waals surface area contributed by atoms with Gasteiger partial charge in [0.15, 0.2) is 5.43 Å². The molecule has 0 aliphatic heterocycles. The largest absolute Gasteiger partial charge is 0.497 e. The number of fused-ring (bicyclic) bond motifs is 2. The van der Waals surface area contributed by atoms with E-state index in [4.69, 9.17) is 4.74 Å². The van der Waals surface area contributed by atoms with Crippen LogP contribution in [0, 0.1) is 0 Å². The summed E-state index contributed by atoms with van der Waals surface area (Å²) in [5, 5.41) is 4.09. The first kappa shape index (κ1) is 25.2. The number of hydrogen-bond donors (Lipinski definition) is 2. The first-order valence-electron chi connectivity index (χ1n) is 12.8. The lowest BCUT2D eigenvalue weighted by Gasteiger charge is -2.17. The van der Waals surface area contributed by atoms with Gasteiger partial charge in [-0.1, -0.05) is 42.5 Å². The highest BCUT2D eigenvalue weighted by molar-refractivity contribution is 6.13. The summed E-state index contributed by atoms with van der Waals surface area (Å²) in [4.78, 5) is 31.7. The number of nitrogens with one attached hydrogen (secondary N) is 2. The third kappa shape index (κ3) is 5.61. The molecule has 0 unspecified atom stereocenters. The number of H-pyrrole nitrogens is 1. The number of aromatic amines is 1. The van der Waals surface area contributed by atoms with Gasteiger partial charge in [-0.15, -0.1) is 0 Å². The van der Waals surface area contributed by atoms with Crippen molar-refractivity contribution in [3.05, 3.63) is 118 Å². The number of carbonyl (C=O) groups excluding carboxylic acids is 1. The Bertz CT molecular complexity index is 1620. The van der Waals surface area contributed by atoms with Crippen molar-refractivity contribution in [2.45, 2.75) is 19.4 Å². The summed E-state index contributed by atoms with van der Waals surface area (Å²) in [5.41, 5.74) is 4.82. The molecule has 0 fully saturated rings. The topological polar surface area (TPSA) is 74.4 Å². The molecule has 192 valence electrons. The van der Waals surface area contributed by atoms with Gasteiger partial charge in [-0.25, -0.2) is 0 Å². The van der Waals surface area contributed by atoms with Crippen molar-refractivity contribution in [1.82, 2.24) is 9.88 Å². The fourth-order valence-corrected chi connectivity index (χ4v) is 4.76. The van der Waals surface area contributed by atoms with Crippen molar-refractivity contribution >= 4 is 33.4 Å². The van der Waals surface area contributed by atoms with Crippen LogP contribution < -0.4 is 15.5 Å². The molecular formula is C32H31N3O3. The Morgan fingerprint density at radius 3 is 2.34 bits per heavy atom. The van der Waals surface area contributed by atoms with Crippen molar-refractivity contribution in [3.8, 4) is 5.75 Å². The minimum absolute atomic E-state index is 0.0806. The Hall–Kier alpha value is -4.42. The summed E-state index contributed by atoms with van der Waals surface area (Å²) in [6.07, 6.45) is 1.99. The maximum Gasteiger partial charge on any atom is 0.257 e. The second-order valence-corrected chi connectivity index (χ2v) is 9.57. The van der Waals surface area contributed by atoms with E-state index in [1.54, 1.807) is 31.4 Å². The van der Waals surface area contributed by atoms with E-state index < -0.39 is 0 Å². The molecule has 0 aliphatic rings. The van der Waals surface area contributed by atoms with Crippen molar-refractivity contribution < 1.29 is 9.53 Å². The first-order valence-corrected chi connectivity index (χ1v) is 12.8. The van der Waals surface area contributed by atoms with E-state index in [0.717, 1.165) is 37.4 Å². The lowest BCUT2D eigenvalue weighted by atomic mass is 10.1. The van der Waals surface area contributed by atoms with Crippen molar-refractivity contribution in [3.63, 3.8) is 0 Å². The number of benzene rings is 4. The van der Waals surface area contributed by atoms with Crippen LogP contribution in [0.15, 0.2) is 95.8 Å². The quantitative estimate of drug-likeness (QED) is 0.241. The number of carbonyl (C=O) groups is 1. The molecule has 0 saturated carbocycles. The number of amides is 1. The fraction of sp³-hybridized carbons (Fsp3) is 0.188. The van der Waals surface area contributed by atoms with E-state index in [0.29, 0.717) is 27.4 Å². The zero-order chi connectivity index (χ0) is 26.5. The molecule has 1 heterocycles. The zero-order valence-corrected chi connectivity index (χ0v) is 21.7. The van der Waals surface area contributed by atoms with E-state index in [1.807, 2.05) is 42.5 Å². The number of aromatic nitrogens is 1. The normalized spacial score (nSPS) is 11.2. The highest BCUT2D eigenvalue weighted by Crippen LogP contribution is 2.20. The molecule has 6 heteroatoms. The van der Waals surface area contributed by atoms with Crippen molar-refractivity contribution in [1.29, 1.82) is 0 Å². The van der Waals surface area contributed by atoms with Crippen LogP contribution >= 0.6 is 0 Å². The number of aryl methyl sites for hydroxylation is 1. The Kier molecular flexibility index (Phi) is 7.52. The number of anilines is 1. The number of hydrogen-bond acceptors (Lipinski definition) is 4. The summed E-state index contributed by atoms with van der Waals surface area (Å²) >= 11 is 0. The van der Waals surface area contributed by atoms with Crippen LogP contribution in [0.2, 0.25) is 0 Å². The van der Waals surface area contributed by atoms with Gasteiger partial charge in [0.2, 0.25) is 0 Å². The minimum atomic E-state index is -0.255. The Morgan fingerprint density at radius 1 is 0.868 bits per heavy atom. The van der Waals surface area contributed by atoms with Gasteiger partial charge >= 0.3 is 0 Å². The molecule has 5 aromatic rings. The molecule has 0 spiro atoms. The molecule has 0 aliphatic carbocycles. The van der Waals surface area contributed by atoms with Gasteiger partial charge in [0.1, 0.15) is 5.75 Å². The molecular weight excluding hydrogens is 474 g/mol. The number of nitrogens with zero attached hydrogens (tertiary/aromatic N) is 1. The summed E-state index contributed by atoms with van der Waals surface area (Å²) in [7, 11) is 3.81. The van der Waals surface area contributed by atoms with E-state index in [1.165, 1.54) is 11.1 Å². The maximum atomic E-state index is 13.1. The number of para-hydroxylation sites is 2. The molecule has 4 aromatic carbocycles. The van der Waals surface area contributed by atoms with E-state index >= 15 is 0 Å². The van der Waals surface area contributed by atoms with Gasteiger partial charge in [0.05, 0.1) is 18.2 Å². The molecule has 0 saturated heterocycles. The van der Waals surface area contributed by atoms with Gasteiger partial charge in [-0.05, 0) is 86.1 Å². The van der Waals surface area contributed by atoms with Gasteiger partial charge in [-0.3, -0.25) is 9.59 Å². The van der Waals surface area contributed by atoms with Gasteiger partial charge < -0.3 is 19.9 Å². The molecule has 0 bridgehead atoms. The van der Waals surface area contributed by atoms with Crippen LogP contribution in [-0.4, -0.2) is 36.5 Å². The molecule has 0 radical (unpaired) electrons. The second-order valence-electron chi connectivity index (χ2n) is 9.57. The monoisotopic (exact) mass is 505 g/mol. The second kappa shape index (κ2) is 11.3. The molecule has 2 N–H and O–H groups in total. The van der Waals surface area contributed by atoms with Crippen LogP contribution in [0.25, 0.3) is 21.8 Å². The predicted octanol–water partition coefficient (Wildman–Crippen LogP) is 6.01. The average Bonchev–Trinajstić information content (AvgIpc) is 2.94. The number of methoxy groups -OCH3 is 1. The third-order valence-electron chi connectivity index (χ3n) is 6.81. The number of ether oxygens (including phenoxy) is 1. The van der Waals surface area contributed by atoms with Crippen LogP contribution in [0.4, 0.5) is 5.69 Å². The smallest absolute Gasteiger partial charge is 0.257 e. The van der Waals surface area contributed by atoms with Crippen LogP contribution in [-0.2, 0) is 13.0 Å². The lowest BCUT2D eigenvalue weighted by molar-refractivity contribution is 0.102. The average molecular weight is 506 g/mol. The summed E-state index contributed by atoms with van der Waals surface area (Å²) in [6, 6.07) is 28.7. The van der Waals surface area contributed by atoms with Crippen molar-refractivity contribution in [2.24, 2.45) is 0 Å². The fourth-order valence-electron chi connectivity index (χ4n) is 4.76. The maximum absolute atomic E-state index is 13.1. The summed E-state index contributed by atoms with van der Waals surface area (Å²) in [6.45, 7) is 1.88.